The Labute approximate surface area is 672 Å². The molecule has 2 aromatic carbocycles. The summed E-state index contributed by atoms with van der Waals surface area (Å²) >= 11 is 0. The number of imide groups is 1. The van der Waals surface area contributed by atoms with E-state index in [1.165, 1.54) is 120 Å². The minimum Gasteiger partial charge on any atom is -0.511 e. The third-order valence-electron chi connectivity index (χ3n) is 22.5. The Morgan fingerprint density at radius 2 is 1.12 bits per heavy atom. The third kappa shape index (κ3) is 19.9. The lowest BCUT2D eigenvalue weighted by atomic mass is 9.44. The summed E-state index contributed by atoms with van der Waals surface area (Å²) in [6.45, 7) is -0.256. The van der Waals surface area contributed by atoms with E-state index in [0.717, 1.165) is 84.3 Å². The molecule has 0 spiro atoms. The van der Waals surface area contributed by atoms with Gasteiger partial charge in [-0.05, 0) is 86.1 Å². The van der Waals surface area contributed by atoms with Gasteiger partial charge in [0.15, 0.2) is 29.1 Å². The Morgan fingerprint density at radius 3 is 1.58 bits per heavy atom. The van der Waals surface area contributed by atoms with Crippen LogP contribution in [0.15, 0.2) is 90.8 Å². The molecular weight excluding hydrogens is 1540 g/mol. The van der Waals surface area contributed by atoms with Crippen LogP contribution < -0.4 is 21.3 Å². The van der Waals surface area contributed by atoms with Crippen LogP contribution in [-0.4, -0.2) is 344 Å². The second-order valence-electron chi connectivity index (χ2n) is 30.9. The number of likely N-dealkylation sites (N-methyl/N-ethyl adjacent to an activating group) is 10. The van der Waals surface area contributed by atoms with Crippen molar-refractivity contribution in [1.29, 1.82) is 0 Å². The number of rotatable bonds is 35. The molecule has 6 aliphatic rings. The number of nitrogens with zero attached hydrogens (tertiary/aromatic N) is 11. The fraction of sp³-hybridized carbons (Fsp3) is 0.526. The number of halogens is 3. The first kappa shape index (κ1) is 91.0. The summed E-state index contributed by atoms with van der Waals surface area (Å²) in [5, 5.41) is 26.2. The van der Waals surface area contributed by atoms with E-state index in [-0.39, 0.29) is 59.6 Å². The van der Waals surface area contributed by atoms with E-state index in [9.17, 15) is 91.3 Å². The normalized spacial score (nSPS) is 23.4. The molecule has 634 valence electrons. The van der Waals surface area contributed by atoms with E-state index in [2.05, 4.69) is 17.2 Å². The highest BCUT2D eigenvalue weighted by molar-refractivity contribution is 6.28. The Bertz CT molecular complexity index is 4450. The summed E-state index contributed by atoms with van der Waals surface area (Å²) in [5.74, 6) is -15.9. The SMILES string of the molecule is C=C(O)CN(C)C(=O)CN(C)C(=O)CN(C)C(=O)CN(C)C(=O)CN(C)C(=O)CN(C)C(=O)CN(C)C(=O)CN(C)C(=O)CN(C)C(=O)CN(C)C(=O)c1cc(N2C(=O)C=CC2=O)ccc1CCC(=O)N[C@H](CC(N)=O)C(=O)NCOCC(=O)[C@@]12O[C@H](c3cccc(F)c3)O[C@@H]1C[C@H]1[C@@H]3C[C@H](F)C4=CC(=O)C=C[C@]4(C)[C@@]3(F)[C@@H](O)C[C@@]12C. The fourth-order valence-electron chi connectivity index (χ4n) is 15.7. The Morgan fingerprint density at radius 1 is 0.650 bits per heavy atom. The van der Waals surface area contributed by atoms with Crippen LogP contribution in [0.5, 0.6) is 0 Å². The van der Waals surface area contributed by atoms with E-state index >= 15 is 13.6 Å². The third-order valence-corrected chi connectivity index (χ3v) is 22.5. The first-order valence-corrected chi connectivity index (χ1v) is 37.2. The first-order valence-electron chi connectivity index (χ1n) is 37.2. The average molecular weight is 1640 g/mol. The Balaban J connectivity index is 0.817. The van der Waals surface area contributed by atoms with Crippen LogP contribution in [0.2, 0.25) is 0 Å². The van der Waals surface area contributed by atoms with Crippen molar-refractivity contribution in [2.75, 3.05) is 154 Å². The quantitative estimate of drug-likeness (QED) is 0.0221. The zero-order valence-electron chi connectivity index (χ0n) is 67.1. The van der Waals surface area contributed by atoms with Crippen molar-refractivity contribution >= 4 is 106 Å². The lowest BCUT2D eigenvalue weighted by Gasteiger charge is -2.63. The molecule has 2 aromatic rings. The number of alkyl halides is 2. The number of nitrogens with two attached hydrogens (primary N) is 1. The summed E-state index contributed by atoms with van der Waals surface area (Å²) in [6, 6.07) is 7.34. The molecule has 2 heterocycles. The molecule has 0 bridgehead atoms. The molecule has 2 aliphatic heterocycles. The van der Waals surface area contributed by atoms with Gasteiger partial charge in [0.1, 0.15) is 37.1 Å². The highest BCUT2D eigenvalue weighted by Gasteiger charge is 2.80. The average Bonchev–Trinajstić information content (AvgIpc) is 1.50. The predicted molar refractivity (Wildman–Crippen MR) is 405 cm³/mol. The van der Waals surface area contributed by atoms with Gasteiger partial charge in [-0.2, -0.15) is 0 Å². The molecular formula is C78H99F3N14O22. The number of carbonyl (C=O) groups excluding carboxylic acids is 17. The zero-order chi connectivity index (χ0) is 87.0. The van der Waals surface area contributed by atoms with Crippen molar-refractivity contribution in [2.24, 2.45) is 28.4 Å². The number of Topliss-reactive ketones (excluding diaryl/α,β-unsaturated/α-hetero) is 1. The summed E-state index contributed by atoms with van der Waals surface area (Å²) in [6.07, 6.45) is -3.38. The van der Waals surface area contributed by atoms with Crippen LogP contribution in [0, 0.1) is 28.5 Å². The van der Waals surface area contributed by atoms with Crippen molar-refractivity contribution in [2.45, 2.75) is 94.4 Å². The molecule has 1 saturated heterocycles. The molecule has 0 radical (unpaired) electrons. The molecule has 3 saturated carbocycles. The van der Waals surface area contributed by atoms with Gasteiger partial charge < -0.3 is 89.8 Å². The number of nitrogens with one attached hydrogen (secondary N) is 2. The number of aryl methyl sites for hydroxylation is 1. The van der Waals surface area contributed by atoms with Crippen molar-refractivity contribution in [3.8, 4) is 0 Å². The number of benzene rings is 2. The molecule has 36 nitrogen and oxygen atoms in total. The lowest BCUT2D eigenvalue weighted by Crippen LogP contribution is -2.70. The molecule has 6 N–H and O–H groups in total. The van der Waals surface area contributed by atoms with Gasteiger partial charge in [0.25, 0.3) is 17.7 Å². The van der Waals surface area contributed by atoms with Gasteiger partial charge in [0.05, 0.1) is 89.8 Å². The number of hydrogen-bond acceptors (Lipinski definition) is 22. The van der Waals surface area contributed by atoms with Gasteiger partial charge in [-0.3, -0.25) is 81.5 Å². The number of ketones is 2. The number of aliphatic hydroxyl groups excluding tert-OH is 2. The molecule has 117 heavy (non-hydrogen) atoms. The number of carbonyl (C=O) groups is 17. The van der Waals surface area contributed by atoms with Crippen LogP contribution in [0.3, 0.4) is 0 Å². The molecule has 0 aromatic heterocycles. The van der Waals surface area contributed by atoms with E-state index in [1.807, 2.05) is 0 Å². The van der Waals surface area contributed by atoms with Crippen LogP contribution in [0.25, 0.3) is 0 Å². The predicted octanol–water partition coefficient (Wildman–Crippen LogP) is -1.74. The summed E-state index contributed by atoms with van der Waals surface area (Å²) in [7, 11) is 12.9. The Kier molecular flexibility index (Phi) is 28.9. The number of primary amides is 1. The largest absolute Gasteiger partial charge is 0.511 e. The number of hydrogen-bond donors (Lipinski definition) is 5. The fourth-order valence-corrected chi connectivity index (χ4v) is 15.7. The van der Waals surface area contributed by atoms with Crippen molar-refractivity contribution < 1.29 is 119 Å². The molecule has 15 amide bonds. The monoisotopic (exact) mass is 1640 g/mol. The first-order chi connectivity index (χ1) is 54.7. The van der Waals surface area contributed by atoms with E-state index in [1.54, 1.807) is 6.92 Å². The maximum Gasteiger partial charge on any atom is 0.258 e. The van der Waals surface area contributed by atoms with Gasteiger partial charge >= 0.3 is 0 Å². The maximum atomic E-state index is 18.2. The second-order valence-corrected chi connectivity index (χ2v) is 30.9. The van der Waals surface area contributed by atoms with Gasteiger partial charge in [0.2, 0.25) is 70.9 Å². The van der Waals surface area contributed by atoms with Crippen LogP contribution in [0.4, 0.5) is 18.9 Å². The van der Waals surface area contributed by atoms with Crippen LogP contribution >= 0.6 is 0 Å². The molecule has 11 atom stereocenters. The van der Waals surface area contributed by atoms with Gasteiger partial charge in [0, 0.05) is 117 Å². The van der Waals surface area contributed by atoms with Crippen molar-refractivity contribution in [3.05, 3.63) is 113 Å². The number of ether oxygens (including phenoxy) is 3. The number of amides is 15. The maximum absolute atomic E-state index is 18.2. The topological polar surface area (TPSA) is 444 Å². The summed E-state index contributed by atoms with van der Waals surface area (Å²) in [5.41, 5.74) is -2.49. The van der Waals surface area contributed by atoms with E-state index in [4.69, 9.17) is 19.9 Å². The Hall–Kier alpha value is -11.6. The standard InChI is InChI=1S/C78H99F3N14O22/c1-44(96)32-85(4)63(104)33-86(5)64(105)34-87(6)65(106)35-88(7)66(107)36-89(8)67(108)37-90(9)68(109)38-91(10)69(110)39-92(11)70(111)40-93(12)71(112)41-94(13)73(114)50-26-48(95-61(102)21-22-62(95)103)19-17-45(50)18-20-60(101)84-55(30-59(82)100)72(113)83-43-115-42-57(99)78-58(116-74(117-78)46-15-14-16-47(79)25-46)29-51-52-28-54(80)53-27-49(97)23-24-75(53,2)77(52,81)56(98)31-76(51,78)3/h14-17,19,21-27,51-52,54-56,58,74,96,98H,1,18,20,28-43H2,2-13H3,(H2,82,100)(H,83,113)(H,84,101)/t51-,52-,54-,55+,56-,58+,74+,75-,76-,77-,78+/m0/s1. The smallest absolute Gasteiger partial charge is 0.258 e. The minimum atomic E-state index is -2.54. The molecule has 39 heteroatoms. The van der Waals surface area contributed by atoms with E-state index < -0.39 is 262 Å². The van der Waals surface area contributed by atoms with Gasteiger partial charge in [-0.1, -0.05) is 37.8 Å². The number of aliphatic hydroxyl groups is 2. The molecule has 0 unspecified atom stereocenters. The number of fused-ring (bicyclic) bond motifs is 7. The highest BCUT2D eigenvalue weighted by atomic mass is 19.1. The van der Waals surface area contributed by atoms with Crippen LogP contribution in [-0.2, 0) is 97.3 Å². The van der Waals surface area contributed by atoms with Crippen LogP contribution in [0.1, 0.15) is 73.7 Å². The molecule has 4 aliphatic carbocycles. The summed E-state index contributed by atoms with van der Waals surface area (Å²) < 4.78 is 67.9. The zero-order valence-corrected chi connectivity index (χ0v) is 67.1. The minimum absolute atomic E-state index is 0.0793. The van der Waals surface area contributed by atoms with Crippen molar-refractivity contribution in [3.63, 3.8) is 0 Å². The van der Waals surface area contributed by atoms with E-state index in [0.29, 0.717) is 0 Å². The summed E-state index contributed by atoms with van der Waals surface area (Å²) in [4.78, 5) is 237. The number of anilines is 1. The number of allylic oxidation sites excluding steroid dienone is 4. The molecule has 4 fully saturated rings. The lowest BCUT2D eigenvalue weighted by molar-refractivity contribution is -0.235. The molecule has 8 rings (SSSR count). The van der Waals surface area contributed by atoms with Gasteiger partial charge in [-0.15, -0.1) is 0 Å². The second kappa shape index (κ2) is 37.1. The highest BCUT2D eigenvalue weighted by Crippen LogP contribution is 2.73. The van der Waals surface area contributed by atoms with Gasteiger partial charge in [-0.25, -0.2) is 18.1 Å². The van der Waals surface area contributed by atoms with Crippen molar-refractivity contribution in [1.82, 2.24) is 59.6 Å².